The molecule has 1 aliphatic rings. The van der Waals surface area contributed by atoms with E-state index in [4.69, 9.17) is 5.11 Å². The third-order valence-electron chi connectivity index (χ3n) is 3.85. The van der Waals surface area contributed by atoms with Gasteiger partial charge in [0.25, 0.3) is 5.91 Å². The molecule has 5 heteroatoms. The zero-order valence-corrected chi connectivity index (χ0v) is 12.4. The number of likely N-dealkylation sites (N-methyl/N-ethyl adjacent to an activating group) is 1. The SMILES string of the molecule is CN(CCO)c1ccc([C@H]2NC(=O)c3ccccc3N2)cc1. The largest absolute Gasteiger partial charge is 0.395 e. The van der Waals surface area contributed by atoms with E-state index in [1.807, 2.05) is 54.4 Å². The molecule has 3 rings (SSSR count). The van der Waals surface area contributed by atoms with E-state index in [9.17, 15) is 4.79 Å². The van der Waals surface area contributed by atoms with Crippen LogP contribution in [-0.2, 0) is 0 Å². The van der Waals surface area contributed by atoms with Crippen LogP contribution >= 0.6 is 0 Å². The molecule has 2 aromatic carbocycles. The van der Waals surface area contributed by atoms with Crippen LogP contribution in [0.25, 0.3) is 0 Å². The Labute approximate surface area is 129 Å². The van der Waals surface area contributed by atoms with Crippen LogP contribution in [0.5, 0.6) is 0 Å². The zero-order chi connectivity index (χ0) is 15.5. The maximum Gasteiger partial charge on any atom is 0.255 e. The highest BCUT2D eigenvalue weighted by atomic mass is 16.3. The first-order valence-electron chi connectivity index (χ1n) is 7.27. The molecule has 1 atom stereocenters. The van der Waals surface area contributed by atoms with Gasteiger partial charge in [0.1, 0.15) is 6.17 Å². The summed E-state index contributed by atoms with van der Waals surface area (Å²) in [6.07, 6.45) is -0.236. The Morgan fingerprint density at radius 3 is 2.55 bits per heavy atom. The number of hydrogen-bond donors (Lipinski definition) is 3. The fourth-order valence-electron chi connectivity index (χ4n) is 2.57. The Hall–Kier alpha value is -2.53. The van der Waals surface area contributed by atoms with Crippen LogP contribution in [0.15, 0.2) is 48.5 Å². The predicted molar refractivity (Wildman–Crippen MR) is 87.1 cm³/mol. The number of fused-ring (bicyclic) bond motifs is 1. The Kier molecular flexibility index (Phi) is 3.98. The lowest BCUT2D eigenvalue weighted by molar-refractivity contribution is 0.0935. The van der Waals surface area contributed by atoms with E-state index in [0.717, 1.165) is 16.9 Å². The number of benzene rings is 2. The molecule has 1 heterocycles. The van der Waals surface area contributed by atoms with Crippen LogP contribution in [0, 0.1) is 0 Å². The molecule has 0 aliphatic carbocycles. The lowest BCUT2D eigenvalue weighted by atomic mass is 10.1. The first-order valence-corrected chi connectivity index (χ1v) is 7.27. The summed E-state index contributed by atoms with van der Waals surface area (Å²) in [5.41, 5.74) is 3.53. The normalized spacial score (nSPS) is 16.5. The Morgan fingerprint density at radius 1 is 1.09 bits per heavy atom. The van der Waals surface area contributed by atoms with Gasteiger partial charge in [0, 0.05) is 25.0 Å². The number of aliphatic hydroxyl groups is 1. The number of nitrogens with zero attached hydrogens (tertiary/aromatic N) is 1. The highest BCUT2D eigenvalue weighted by Gasteiger charge is 2.23. The summed E-state index contributed by atoms with van der Waals surface area (Å²) in [4.78, 5) is 14.1. The molecule has 0 saturated carbocycles. The van der Waals surface area contributed by atoms with Gasteiger partial charge in [-0.3, -0.25) is 4.79 Å². The Morgan fingerprint density at radius 2 is 1.82 bits per heavy atom. The van der Waals surface area contributed by atoms with Crippen molar-refractivity contribution in [1.82, 2.24) is 5.32 Å². The smallest absolute Gasteiger partial charge is 0.255 e. The molecular weight excluding hydrogens is 278 g/mol. The van der Waals surface area contributed by atoms with E-state index in [1.165, 1.54) is 0 Å². The zero-order valence-electron chi connectivity index (χ0n) is 12.4. The number of amides is 1. The molecular formula is C17H19N3O2. The number of aliphatic hydroxyl groups excluding tert-OH is 1. The second-order valence-corrected chi connectivity index (χ2v) is 5.33. The summed E-state index contributed by atoms with van der Waals surface area (Å²) in [7, 11) is 1.93. The van der Waals surface area contributed by atoms with E-state index in [0.29, 0.717) is 12.1 Å². The third kappa shape index (κ3) is 2.76. The predicted octanol–water partition coefficient (Wildman–Crippen LogP) is 1.97. The van der Waals surface area contributed by atoms with Gasteiger partial charge in [-0.1, -0.05) is 24.3 Å². The maximum absolute atomic E-state index is 12.1. The minimum atomic E-state index is -0.236. The molecule has 0 fully saturated rings. The van der Waals surface area contributed by atoms with Crippen molar-refractivity contribution in [2.45, 2.75) is 6.17 Å². The lowest BCUT2D eigenvalue weighted by Crippen LogP contribution is -2.38. The van der Waals surface area contributed by atoms with Crippen LogP contribution in [0.4, 0.5) is 11.4 Å². The molecule has 0 radical (unpaired) electrons. The van der Waals surface area contributed by atoms with Gasteiger partial charge in [0.2, 0.25) is 0 Å². The highest BCUT2D eigenvalue weighted by molar-refractivity contribution is 6.01. The fraction of sp³-hybridized carbons (Fsp3) is 0.235. The van der Waals surface area contributed by atoms with Crippen molar-refractivity contribution in [1.29, 1.82) is 0 Å². The van der Waals surface area contributed by atoms with Crippen LogP contribution in [0.3, 0.4) is 0 Å². The molecule has 0 unspecified atom stereocenters. The van der Waals surface area contributed by atoms with Crippen LogP contribution in [-0.4, -0.2) is 31.2 Å². The number of carbonyl (C=O) groups is 1. The molecule has 22 heavy (non-hydrogen) atoms. The molecule has 114 valence electrons. The van der Waals surface area contributed by atoms with Crippen molar-refractivity contribution < 1.29 is 9.90 Å². The number of nitrogens with one attached hydrogen (secondary N) is 2. The minimum Gasteiger partial charge on any atom is -0.395 e. The highest BCUT2D eigenvalue weighted by Crippen LogP contribution is 2.27. The molecule has 1 amide bonds. The number of carbonyl (C=O) groups excluding carboxylic acids is 1. The average Bonchev–Trinajstić information content (AvgIpc) is 2.55. The number of hydrogen-bond acceptors (Lipinski definition) is 4. The van der Waals surface area contributed by atoms with Crippen molar-refractivity contribution in [3.63, 3.8) is 0 Å². The number of rotatable bonds is 4. The van der Waals surface area contributed by atoms with Crippen molar-refractivity contribution in [2.75, 3.05) is 30.4 Å². The monoisotopic (exact) mass is 297 g/mol. The van der Waals surface area contributed by atoms with Gasteiger partial charge in [-0.2, -0.15) is 0 Å². The van der Waals surface area contributed by atoms with Gasteiger partial charge >= 0.3 is 0 Å². The van der Waals surface area contributed by atoms with Crippen LogP contribution in [0.2, 0.25) is 0 Å². The van der Waals surface area contributed by atoms with E-state index in [2.05, 4.69) is 10.6 Å². The fourth-order valence-corrected chi connectivity index (χ4v) is 2.57. The van der Waals surface area contributed by atoms with Crippen LogP contribution in [0.1, 0.15) is 22.1 Å². The lowest BCUT2D eigenvalue weighted by Gasteiger charge is -2.28. The standard InChI is InChI=1S/C17H19N3O2/c1-20(10-11-21)13-8-6-12(7-9-13)16-18-15-5-3-2-4-14(15)17(22)19-16/h2-9,16,18,21H,10-11H2,1H3,(H,19,22)/t16-/m1/s1. The first-order chi connectivity index (χ1) is 10.7. The van der Waals surface area contributed by atoms with Crippen molar-refractivity contribution >= 4 is 17.3 Å². The minimum absolute atomic E-state index is 0.0687. The Balaban J connectivity index is 1.80. The van der Waals surface area contributed by atoms with Gasteiger partial charge in [-0.05, 0) is 29.8 Å². The van der Waals surface area contributed by atoms with E-state index < -0.39 is 0 Å². The van der Waals surface area contributed by atoms with Crippen molar-refractivity contribution in [2.24, 2.45) is 0 Å². The Bertz CT molecular complexity index is 670. The van der Waals surface area contributed by atoms with Gasteiger partial charge in [0.15, 0.2) is 0 Å². The van der Waals surface area contributed by atoms with Gasteiger partial charge in [-0.15, -0.1) is 0 Å². The first kappa shape index (κ1) is 14.4. The summed E-state index contributed by atoms with van der Waals surface area (Å²) < 4.78 is 0. The molecule has 5 nitrogen and oxygen atoms in total. The molecule has 0 bridgehead atoms. The third-order valence-corrected chi connectivity index (χ3v) is 3.85. The summed E-state index contributed by atoms with van der Waals surface area (Å²) in [6, 6.07) is 15.4. The van der Waals surface area contributed by atoms with Gasteiger partial charge in [-0.25, -0.2) is 0 Å². The second-order valence-electron chi connectivity index (χ2n) is 5.33. The van der Waals surface area contributed by atoms with E-state index >= 15 is 0 Å². The maximum atomic E-state index is 12.1. The molecule has 0 aromatic heterocycles. The molecule has 3 N–H and O–H groups in total. The topological polar surface area (TPSA) is 64.6 Å². The van der Waals surface area contributed by atoms with Crippen molar-refractivity contribution in [3.05, 3.63) is 59.7 Å². The van der Waals surface area contributed by atoms with E-state index in [1.54, 1.807) is 6.07 Å². The second kappa shape index (κ2) is 6.07. The summed E-state index contributed by atoms with van der Waals surface area (Å²) >= 11 is 0. The van der Waals surface area contributed by atoms with Gasteiger partial charge in [0.05, 0.1) is 12.2 Å². The number of anilines is 2. The van der Waals surface area contributed by atoms with E-state index in [-0.39, 0.29) is 18.7 Å². The van der Waals surface area contributed by atoms with Crippen LogP contribution < -0.4 is 15.5 Å². The number of para-hydroxylation sites is 1. The molecule has 0 saturated heterocycles. The summed E-state index contributed by atoms with van der Waals surface area (Å²) in [6.45, 7) is 0.709. The quantitative estimate of drug-likeness (QED) is 0.807. The van der Waals surface area contributed by atoms with Gasteiger partial charge < -0.3 is 20.6 Å². The summed E-state index contributed by atoms with van der Waals surface area (Å²) in [5.74, 6) is -0.0687. The molecule has 0 spiro atoms. The summed E-state index contributed by atoms with van der Waals surface area (Å²) in [5, 5.41) is 15.3. The average molecular weight is 297 g/mol. The van der Waals surface area contributed by atoms with Crippen molar-refractivity contribution in [3.8, 4) is 0 Å². The molecule has 2 aromatic rings. The molecule has 1 aliphatic heterocycles.